The maximum atomic E-state index is 4.11. The van der Waals surface area contributed by atoms with Crippen LogP contribution in [-0.4, -0.2) is 46.5 Å². The predicted octanol–water partition coefficient (Wildman–Crippen LogP) is 3.31. The quantitative estimate of drug-likeness (QED) is 0.775. The first-order chi connectivity index (χ1) is 10.4. The third-order valence-electron chi connectivity index (χ3n) is 5.29. The molecule has 2 fully saturated rings. The van der Waals surface area contributed by atoms with Crippen LogP contribution in [0.25, 0.3) is 0 Å². The third-order valence-corrected chi connectivity index (χ3v) is 5.29. The number of rotatable bonds is 5. The summed E-state index contributed by atoms with van der Waals surface area (Å²) in [6.45, 7) is 7.07. The van der Waals surface area contributed by atoms with E-state index in [1.54, 1.807) is 0 Å². The second-order valence-electron chi connectivity index (χ2n) is 6.67. The number of hydrogen-bond acceptors (Lipinski definition) is 3. The zero-order valence-corrected chi connectivity index (χ0v) is 13.4. The number of likely N-dealkylation sites (tertiary alicyclic amines) is 1. The van der Waals surface area contributed by atoms with Gasteiger partial charge in [0.1, 0.15) is 0 Å². The van der Waals surface area contributed by atoms with Crippen LogP contribution in [0.5, 0.6) is 0 Å². The lowest BCUT2D eigenvalue weighted by atomic mass is 9.98. The summed E-state index contributed by atoms with van der Waals surface area (Å²) >= 11 is 0. The maximum Gasteiger partial charge on any atom is 0.0354 e. The minimum atomic E-state index is 0.756. The highest BCUT2D eigenvalue weighted by atomic mass is 15.3. The molecule has 3 rings (SSSR count). The molecular weight excluding hydrogens is 258 g/mol. The summed E-state index contributed by atoms with van der Waals surface area (Å²) in [6.07, 6.45) is 12.5. The molecule has 3 heteroatoms. The van der Waals surface area contributed by atoms with Crippen LogP contribution in [0, 0.1) is 0 Å². The van der Waals surface area contributed by atoms with Crippen molar-refractivity contribution in [2.45, 2.75) is 64.1 Å². The van der Waals surface area contributed by atoms with Gasteiger partial charge in [-0.1, -0.05) is 32.6 Å². The summed E-state index contributed by atoms with van der Waals surface area (Å²) in [5.41, 5.74) is 1.39. The van der Waals surface area contributed by atoms with Crippen LogP contribution < -0.4 is 0 Å². The lowest BCUT2D eigenvalue weighted by Gasteiger charge is -2.49. The van der Waals surface area contributed by atoms with Gasteiger partial charge < -0.3 is 0 Å². The Labute approximate surface area is 129 Å². The standard InChI is InChI=1S/C18H29N3/c1-2-20(13-16-9-11-19-12-10-16)18-14-21(15-18)17-7-5-3-4-6-8-17/h9-12,17-18H,2-8,13-15H2,1H3. The fraction of sp³-hybridized carbons (Fsp3) is 0.722. The first kappa shape index (κ1) is 15.0. The number of pyridine rings is 1. The summed E-state index contributed by atoms with van der Waals surface area (Å²) in [5.74, 6) is 0. The Morgan fingerprint density at radius 1 is 1.10 bits per heavy atom. The van der Waals surface area contributed by atoms with Gasteiger partial charge >= 0.3 is 0 Å². The van der Waals surface area contributed by atoms with Crippen molar-refractivity contribution in [1.29, 1.82) is 0 Å². The molecule has 1 aliphatic carbocycles. The minimum Gasteiger partial charge on any atom is -0.297 e. The molecule has 2 heterocycles. The highest BCUT2D eigenvalue weighted by Gasteiger charge is 2.35. The van der Waals surface area contributed by atoms with Crippen molar-refractivity contribution < 1.29 is 0 Å². The van der Waals surface area contributed by atoms with Crippen LogP contribution in [-0.2, 0) is 6.54 Å². The topological polar surface area (TPSA) is 19.4 Å². The number of hydrogen-bond donors (Lipinski definition) is 0. The molecule has 1 aliphatic heterocycles. The van der Waals surface area contributed by atoms with Crippen LogP contribution in [0.15, 0.2) is 24.5 Å². The van der Waals surface area contributed by atoms with E-state index in [1.165, 1.54) is 57.2 Å². The summed E-state index contributed by atoms with van der Waals surface area (Å²) in [4.78, 5) is 9.48. The van der Waals surface area contributed by atoms with Gasteiger partial charge in [0.2, 0.25) is 0 Å². The van der Waals surface area contributed by atoms with Gasteiger partial charge in [0.15, 0.2) is 0 Å². The SMILES string of the molecule is CCN(Cc1ccncc1)C1CN(C2CCCCCC2)C1. The summed E-state index contributed by atoms with van der Waals surface area (Å²) in [7, 11) is 0. The monoisotopic (exact) mass is 287 g/mol. The number of nitrogens with zero attached hydrogens (tertiary/aromatic N) is 3. The van der Waals surface area contributed by atoms with E-state index in [4.69, 9.17) is 0 Å². The van der Waals surface area contributed by atoms with Crippen molar-refractivity contribution in [3.63, 3.8) is 0 Å². The molecule has 1 saturated heterocycles. The molecule has 0 unspecified atom stereocenters. The fourth-order valence-corrected chi connectivity index (χ4v) is 3.86. The van der Waals surface area contributed by atoms with E-state index in [0.717, 1.165) is 25.2 Å². The van der Waals surface area contributed by atoms with E-state index in [2.05, 4.69) is 33.8 Å². The van der Waals surface area contributed by atoms with Crippen molar-refractivity contribution in [2.75, 3.05) is 19.6 Å². The molecule has 0 amide bonds. The second-order valence-corrected chi connectivity index (χ2v) is 6.67. The van der Waals surface area contributed by atoms with E-state index in [0.29, 0.717) is 0 Å². The smallest absolute Gasteiger partial charge is 0.0354 e. The average Bonchev–Trinajstić information content (AvgIpc) is 2.75. The van der Waals surface area contributed by atoms with Gasteiger partial charge in [-0.3, -0.25) is 14.8 Å². The summed E-state index contributed by atoms with van der Waals surface area (Å²) in [5, 5.41) is 0. The highest BCUT2D eigenvalue weighted by molar-refractivity contribution is 5.10. The van der Waals surface area contributed by atoms with Gasteiger partial charge in [-0.15, -0.1) is 0 Å². The second kappa shape index (κ2) is 7.37. The molecule has 1 saturated carbocycles. The molecule has 116 valence electrons. The van der Waals surface area contributed by atoms with Gasteiger partial charge in [0.05, 0.1) is 0 Å². The largest absolute Gasteiger partial charge is 0.297 e. The summed E-state index contributed by atoms with van der Waals surface area (Å²) in [6, 6.07) is 5.92. The van der Waals surface area contributed by atoms with Crippen molar-refractivity contribution in [2.24, 2.45) is 0 Å². The lowest BCUT2D eigenvalue weighted by Crippen LogP contribution is -2.61. The van der Waals surface area contributed by atoms with Crippen molar-refractivity contribution in [3.8, 4) is 0 Å². The Morgan fingerprint density at radius 2 is 1.76 bits per heavy atom. The van der Waals surface area contributed by atoms with Crippen molar-refractivity contribution in [3.05, 3.63) is 30.1 Å². The number of likely N-dealkylation sites (N-methyl/N-ethyl adjacent to an activating group) is 1. The first-order valence-electron chi connectivity index (χ1n) is 8.74. The lowest BCUT2D eigenvalue weighted by molar-refractivity contribution is -0.00131. The van der Waals surface area contributed by atoms with Crippen LogP contribution >= 0.6 is 0 Å². The molecule has 0 atom stereocenters. The van der Waals surface area contributed by atoms with Crippen LogP contribution in [0.4, 0.5) is 0 Å². The molecule has 3 nitrogen and oxygen atoms in total. The molecule has 1 aromatic rings. The van der Waals surface area contributed by atoms with Crippen LogP contribution in [0.2, 0.25) is 0 Å². The van der Waals surface area contributed by atoms with Crippen molar-refractivity contribution in [1.82, 2.24) is 14.8 Å². The molecule has 0 N–H and O–H groups in total. The van der Waals surface area contributed by atoms with Gasteiger partial charge in [-0.25, -0.2) is 0 Å². The zero-order chi connectivity index (χ0) is 14.5. The van der Waals surface area contributed by atoms with E-state index in [-0.39, 0.29) is 0 Å². The van der Waals surface area contributed by atoms with E-state index in [1.807, 2.05) is 12.4 Å². The third kappa shape index (κ3) is 3.83. The van der Waals surface area contributed by atoms with Gasteiger partial charge in [0.25, 0.3) is 0 Å². The Kier molecular flexibility index (Phi) is 5.26. The maximum absolute atomic E-state index is 4.11. The van der Waals surface area contributed by atoms with E-state index < -0.39 is 0 Å². The van der Waals surface area contributed by atoms with Crippen LogP contribution in [0.3, 0.4) is 0 Å². The molecule has 2 aliphatic rings. The molecular formula is C18H29N3. The summed E-state index contributed by atoms with van der Waals surface area (Å²) < 4.78 is 0. The predicted molar refractivity (Wildman–Crippen MR) is 87.2 cm³/mol. The van der Waals surface area contributed by atoms with Gasteiger partial charge in [-0.05, 0) is 37.1 Å². The molecule has 21 heavy (non-hydrogen) atoms. The molecule has 0 bridgehead atoms. The average molecular weight is 287 g/mol. The Balaban J connectivity index is 1.49. The van der Waals surface area contributed by atoms with Crippen molar-refractivity contribution >= 4 is 0 Å². The van der Waals surface area contributed by atoms with E-state index >= 15 is 0 Å². The Hall–Kier alpha value is -0.930. The Morgan fingerprint density at radius 3 is 2.38 bits per heavy atom. The molecule has 1 aromatic heterocycles. The molecule has 0 spiro atoms. The van der Waals surface area contributed by atoms with Gasteiger partial charge in [-0.2, -0.15) is 0 Å². The van der Waals surface area contributed by atoms with Gasteiger partial charge in [0, 0.05) is 44.1 Å². The molecule has 0 aromatic carbocycles. The molecule has 0 radical (unpaired) electrons. The fourth-order valence-electron chi connectivity index (χ4n) is 3.86. The van der Waals surface area contributed by atoms with Crippen LogP contribution in [0.1, 0.15) is 51.0 Å². The number of aromatic nitrogens is 1. The zero-order valence-electron chi connectivity index (χ0n) is 13.4. The normalized spacial score (nSPS) is 22.2. The highest BCUT2D eigenvalue weighted by Crippen LogP contribution is 2.27. The Bertz CT molecular complexity index is 406. The first-order valence-corrected chi connectivity index (χ1v) is 8.74. The van der Waals surface area contributed by atoms with E-state index in [9.17, 15) is 0 Å². The minimum absolute atomic E-state index is 0.756.